The van der Waals surface area contributed by atoms with Crippen molar-refractivity contribution in [1.82, 2.24) is 5.32 Å². The number of hydrogen-bond donors (Lipinski definition) is 2. The number of benzene rings is 2. The zero-order chi connectivity index (χ0) is 18.0. The van der Waals surface area contributed by atoms with Crippen molar-refractivity contribution in [1.29, 1.82) is 5.26 Å². The fraction of sp³-hybridized carbons (Fsp3) is 0.158. The van der Waals surface area contributed by atoms with Crippen molar-refractivity contribution in [2.24, 2.45) is 0 Å². The molecule has 5 nitrogen and oxygen atoms in total. The first-order chi connectivity index (χ1) is 12.0. The molecule has 126 valence electrons. The number of thiol groups is 1. The maximum absolute atomic E-state index is 12.3. The van der Waals surface area contributed by atoms with E-state index >= 15 is 0 Å². The summed E-state index contributed by atoms with van der Waals surface area (Å²) in [6.07, 6.45) is -0.491. The van der Waals surface area contributed by atoms with Gasteiger partial charge in [-0.3, -0.25) is 4.79 Å². The molecule has 0 aromatic heterocycles. The molecule has 0 saturated carbocycles. The highest BCUT2D eigenvalue weighted by molar-refractivity contribution is 7.84. The topological polar surface area (TPSA) is 65.4 Å². The summed E-state index contributed by atoms with van der Waals surface area (Å²) in [5.41, 5.74) is 2.77. The molecule has 3 rings (SSSR count). The molecule has 0 radical (unpaired) electrons. The second-order valence-electron chi connectivity index (χ2n) is 5.67. The van der Waals surface area contributed by atoms with E-state index in [4.69, 9.17) is 4.74 Å². The van der Waals surface area contributed by atoms with Crippen molar-refractivity contribution in [3.8, 4) is 11.8 Å². The zero-order valence-electron chi connectivity index (χ0n) is 13.9. The highest BCUT2D eigenvalue weighted by Crippen LogP contribution is 2.36. The highest BCUT2D eigenvalue weighted by Gasteiger charge is 2.34. The van der Waals surface area contributed by atoms with E-state index in [-0.39, 0.29) is 5.57 Å². The summed E-state index contributed by atoms with van der Waals surface area (Å²) >= 11 is 4.48. The van der Waals surface area contributed by atoms with Crippen molar-refractivity contribution >= 4 is 24.2 Å². The quantitative estimate of drug-likeness (QED) is 0.833. The Balaban J connectivity index is 2.15. The number of hydrogen-bond acceptors (Lipinski definition) is 5. The molecule has 0 fully saturated rings. The minimum absolute atomic E-state index is 0.0111. The molecule has 6 heteroatoms. The van der Waals surface area contributed by atoms with E-state index in [9.17, 15) is 10.1 Å². The molecule has 1 atom stereocenters. The highest BCUT2D eigenvalue weighted by atomic mass is 32.1. The lowest BCUT2D eigenvalue weighted by molar-refractivity contribution is -0.118. The van der Waals surface area contributed by atoms with Gasteiger partial charge in [-0.25, -0.2) is 0 Å². The third-order valence-corrected chi connectivity index (χ3v) is 4.48. The Morgan fingerprint density at radius 1 is 1.24 bits per heavy atom. The van der Waals surface area contributed by atoms with Crippen LogP contribution in [0.5, 0.6) is 5.75 Å². The molecule has 1 unspecified atom stereocenters. The van der Waals surface area contributed by atoms with Gasteiger partial charge in [0.2, 0.25) is 0 Å². The number of nitrogens with zero attached hydrogens (tertiary/aromatic N) is 2. The SMILES string of the molecule is COc1cccc(C2NC(=O)C(C#N)=C(S)N2c2ccc(C)cc2)c1. The van der Waals surface area contributed by atoms with Crippen molar-refractivity contribution in [2.75, 3.05) is 12.0 Å². The van der Waals surface area contributed by atoms with Gasteiger partial charge >= 0.3 is 0 Å². The van der Waals surface area contributed by atoms with Gasteiger partial charge in [0.25, 0.3) is 5.91 Å². The summed E-state index contributed by atoms with van der Waals surface area (Å²) in [5.74, 6) is 0.245. The maximum Gasteiger partial charge on any atom is 0.266 e. The number of carbonyl (C=O) groups excluding carboxylic acids is 1. The first-order valence-electron chi connectivity index (χ1n) is 7.69. The smallest absolute Gasteiger partial charge is 0.266 e. The molecular formula is C19H17N3O2S. The van der Waals surface area contributed by atoms with Gasteiger partial charge in [-0.1, -0.05) is 29.8 Å². The molecule has 1 aliphatic rings. The van der Waals surface area contributed by atoms with Crippen LogP contribution in [0.1, 0.15) is 17.3 Å². The fourth-order valence-corrected chi connectivity index (χ4v) is 3.11. The second kappa shape index (κ2) is 6.91. The summed E-state index contributed by atoms with van der Waals surface area (Å²) in [5, 5.41) is 12.5. The van der Waals surface area contributed by atoms with Crippen molar-refractivity contribution in [3.05, 3.63) is 70.3 Å². The number of amides is 1. The molecule has 1 N–H and O–H groups in total. The molecule has 1 amide bonds. The molecular weight excluding hydrogens is 334 g/mol. The van der Waals surface area contributed by atoms with Gasteiger partial charge in [0.05, 0.1) is 12.1 Å². The maximum atomic E-state index is 12.3. The van der Waals surface area contributed by atoms with Gasteiger partial charge in [-0.15, -0.1) is 12.6 Å². The molecule has 25 heavy (non-hydrogen) atoms. The molecule has 1 heterocycles. The van der Waals surface area contributed by atoms with Gasteiger partial charge in [-0.2, -0.15) is 5.26 Å². The Kier molecular flexibility index (Phi) is 4.68. The number of anilines is 1. The number of ether oxygens (including phenoxy) is 1. The van der Waals surface area contributed by atoms with Crippen LogP contribution < -0.4 is 15.0 Å². The monoisotopic (exact) mass is 351 g/mol. The van der Waals surface area contributed by atoms with Crippen molar-refractivity contribution in [3.63, 3.8) is 0 Å². The summed E-state index contributed by atoms with van der Waals surface area (Å²) in [4.78, 5) is 14.1. The van der Waals surface area contributed by atoms with Crippen molar-refractivity contribution in [2.45, 2.75) is 13.1 Å². The molecule has 0 aliphatic carbocycles. The fourth-order valence-electron chi connectivity index (χ4n) is 2.73. The lowest BCUT2D eigenvalue weighted by atomic mass is 10.1. The van der Waals surface area contributed by atoms with E-state index < -0.39 is 12.1 Å². The molecule has 0 saturated heterocycles. The molecule has 2 aromatic rings. The third kappa shape index (κ3) is 3.19. The molecule has 0 bridgehead atoms. The van der Waals surface area contributed by atoms with E-state index in [1.54, 1.807) is 7.11 Å². The predicted molar refractivity (Wildman–Crippen MR) is 99.2 cm³/mol. The summed E-state index contributed by atoms with van der Waals surface area (Å²) in [6, 6.07) is 17.2. The van der Waals surface area contributed by atoms with Crippen LogP contribution in [0.25, 0.3) is 0 Å². The Morgan fingerprint density at radius 2 is 1.96 bits per heavy atom. The van der Waals surface area contributed by atoms with E-state index in [1.807, 2.05) is 66.4 Å². The Labute approximate surface area is 151 Å². The van der Waals surface area contributed by atoms with Gasteiger partial charge in [-0.05, 0) is 36.8 Å². The predicted octanol–water partition coefficient (Wildman–Crippen LogP) is 3.30. The third-order valence-electron chi connectivity index (χ3n) is 4.04. The van der Waals surface area contributed by atoms with E-state index in [0.717, 1.165) is 16.8 Å². The van der Waals surface area contributed by atoms with Crippen LogP contribution >= 0.6 is 12.6 Å². The Bertz CT molecular complexity index is 884. The van der Waals surface area contributed by atoms with E-state index in [0.29, 0.717) is 10.8 Å². The number of aryl methyl sites for hydroxylation is 1. The zero-order valence-corrected chi connectivity index (χ0v) is 14.7. The molecule has 0 spiro atoms. The first-order valence-corrected chi connectivity index (χ1v) is 8.14. The van der Waals surface area contributed by atoms with E-state index in [1.165, 1.54) is 0 Å². The van der Waals surface area contributed by atoms with Gasteiger partial charge < -0.3 is 15.0 Å². The van der Waals surface area contributed by atoms with Crippen LogP contribution in [0.15, 0.2) is 59.1 Å². The number of nitriles is 1. The van der Waals surface area contributed by atoms with Gasteiger partial charge in [0, 0.05) is 5.69 Å². The normalized spacial score (nSPS) is 17.1. The van der Waals surface area contributed by atoms with Gasteiger partial charge in [0.1, 0.15) is 23.6 Å². The average molecular weight is 351 g/mol. The van der Waals surface area contributed by atoms with E-state index in [2.05, 4.69) is 17.9 Å². The lowest BCUT2D eigenvalue weighted by Gasteiger charge is -2.38. The van der Waals surface area contributed by atoms with Crippen LogP contribution in [0.2, 0.25) is 0 Å². The Morgan fingerprint density at radius 3 is 2.60 bits per heavy atom. The minimum atomic E-state index is -0.491. The van der Waals surface area contributed by atoms with Crippen LogP contribution in [0.4, 0.5) is 5.69 Å². The summed E-state index contributed by atoms with van der Waals surface area (Å²) in [6.45, 7) is 2.00. The number of nitrogens with one attached hydrogen (secondary N) is 1. The van der Waals surface area contributed by atoms with Crippen LogP contribution in [-0.4, -0.2) is 13.0 Å². The first kappa shape index (κ1) is 16.9. The van der Waals surface area contributed by atoms with Gasteiger partial charge in [0.15, 0.2) is 0 Å². The number of methoxy groups -OCH3 is 1. The van der Waals surface area contributed by atoms with Crippen LogP contribution in [0, 0.1) is 18.3 Å². The number of rotatable bonds is 3. The average Bonchev–Trinajstić information content (AvgIpc) is 2.63. The Hall–Kier alpha value is -2.91. The summed E-state index contributed by atoms with van der Waals surface area (Å²) in [7, 11) is 1.59. The molecule has 2 aromatic carbocycles. The molecule has 1 aliphatic heterocycles. The lowest BCUT2D eigenvalue weighted by Crippen LogP contribution is -2.46. The van der Waals surface area contributed by atoms with Crippen LogP contribution in [-0.2, 0) is 4.79 Å². The van der Waals surface area contributed by atoms with Crippen LogP contribution in [0.3, 0.4) is 0 Å². The standard InChI is InChI=1S/C19H17N3O2S/c1-12-6-8-14(9-7-12)22-17(13-4-3-5-15(10-13)24-2)21-18(23)16(11-20)19(22)25/h3-10,17,25H,1-2H3,(H,21,23). The number of carbonyl (C=O) groups is 1. The minimum Gasteiger partial charge on any atom is -0.497 e. The second-order valence-corrected chi connectivity index (χ2v) is 6.09. The van der Waals surface area contributed by atoms with Crippen molar-refractivity contribution < 1.29 is 9.53 Å². The largest absolute Gasteiger partial charge is 0.497 e. The summed E-state index contributed by atoms with van der Waals surface area (Å²) < 4.78 is 5.28.